The van der Waals surface area contributed by atoms with Crippen LogP contribution < -0.4 is 14.2 Å². The Morgan fingerprint density at radius 3 is 2.17 bits per heavy atom. The molecule has 0 spiro atoms. The number of ether oxygens (including phenoxy) is 3. The van der Waals surface area contributed by atoms with Gasteiger partial charge in [0.15, 0.2) is 11.5 Å². The van der Waals surface area contributed by atoms with Gasteiger partial charge in [-0.1, -0.05) is 24.9 Å². The monoisotopic (exact) mass is 350 g/mol. The SMILES string of the molecule is CCCc1c(OC)c(OC(C)=O)c2ccc(Cl)cc2c1OC(C)=O. The molecule has 0 aliphatic heterocycles. The Labute approximate surface area is 145 Å². The molecule has 0 atom stereocenters. The first-order valence-corrected chi connectivity index (χ1v) is 7.95. The number of hydrogen-bond donors (Lipinski definition) is 0. The number of halogens is 1. The summed E-state index contributed by atoms with van der Waals surface area (Å²) < 4.78 is 16.3. The molecule has 0 fully saturated rings. The maximum atomic E-state index is 11.6. The fourth-order valence-corrected chi connectivity index (χ4v) is 2.80. The van der Waals surface area contributed by atoms with Crippen LogP contribution in [0.25, 0.3) is 10.8 Å². The summed E-state index contributed by atoms with van der Waals surface area (Å²) in [5, 5.41) is 1.66. The summed E-state index contributed by atoms with van der Waals surface area (Å²) >= 11 is 6.11. The van der Waals surface area contributed by atoms with Gasteiger partial charge in [-0.3, -0.25) is 9.59 Å². The molecule has 128 valence electrons. The Balaban J connectivity index is 2.93. The van der Waals surface area contributed by atoms with Gasteiger partial charge < -0.3 is 14.2 Å². The summed E-state index contributed by atoms with van der Waals surface area (Å²) in [6.07, 6.45) is 1.37. The molecule has 0 aliphatic rings. The zero-order chi connectivity index (χ0) is 17.9. The van der Waals surface area contributed by atoms with Crippen LogP contribution in [0.3, 0.4) is 0 Å². The molecular weight excluding hydrogens is 332 g/mol. The van der Waals surface area contributed by atoms with Crippen molar-refractivity contribution in [2.24, 2.45) is 0 Å². The molecule has 0 aliphatic carbocycles. The molecule has 0 saturated carbocycles. The molecular formula is C18H19ClO5. The van der Waals surface area contributed by atoms with Crippen molar-refractivity contribution >= 4 is 34.3 Å². The molecule has 0 N–H and O–H groups in total. The van der Waals surface area contributed by atoms with Gasteiger partial charge in [0.05, 0.1) is 7.11 Å². The van der Waals surface area contributed by atoms with Crippen molar-refractivity contribution in [3.8, 4) is 17.2 Å². The van der Waals surface area contributed by atoms with Crippen molar-refractivity contribution in [2.45, 2.75) is 33.6 Å². The third kappa shape index (κ3) is 3.62. The zero-order valence-electron chi connectivity index (χ0n) is 14.1. The van der Waals surface area contributed by atoms with Crippen molar-refractivity contribution < 1.29 is 23.8 Å². The van der Waals surface area contributed by atoms with Crippen LogP contribution in [0.5, 0.6) is 17.2 Å². The van der Waals surface area contributed by atoms with E-state index in [1.807, 2.05) is 6.92 Å². The third-order valence-electron chi connectivity index (χ3n) is 3.42. The predicted octanol–water partition coefficient (Wildman–Crippen LogP) is 4.30. The Morgan fingerprint density at radius 1 is 1.00 bits per heavy atom. The van der Waals surface area contributed by atoms with E-state index >= 15 is 0 Å². The molecule has 2 aromatic rings. The van der Waals surface area contributed by atoms with E-state index in [4.69, 9.17) is 25.8 Å². The maximum Gasteiger partial charge on any atom is 0.308 e. The smallest absolute Gasteiger partial charge is 0.308 e. The van der Waals surface area contributed by atoms with E-state index in [0.717, 1.165) is 6.42 Å². The van der Waals surface area contributed by atoms with Gasteiger partial charge in [-0.05, 0) is 24.6 Å². The molecule has 0 unspecified atom stereocenters. The standard InChI is InChI=1S/C18H19ClO5/c1-5-6-14-16(23-10(2)20)15-9-12(19)7-8-13(15)18(17(14)22-4)24-11(3)21/h7-9H,5-6H2,1-4H3. The highest BCUT2D eigenvalue weighted by atomic mass is 35.5. The number of esters is 2. The number of hydrogen-bond acceptors (Lipinski definition) is 5. The number of rotatable bonds is 5. The van der Waals surface area contributed by atoms with E-state index in [1.165, 1.54) is 21.0 Å². The predicted molar refractivity (Wildman–Crippen MR) is 92.1 cm³/mol. The van der Waals surface area contributed by atoms with E-state index < -0.39 is 11.9 Å². The van der Waals surface area contributed by atoms with Crippen LogP contribution in [-0.2, 0) is 16.0 Å². The molecule has 0 heterocycles. The minimum atomic E-state index is -0.466. The Hall–Kier alpha value is -2.27. The fourth-order valence-electron chi connectivity index (χ4n) is 2.63. The first-order chi connectivity index (χ1) is 11.4. The van der Waals surface area contributed by atoms with Crippen molar-refractivity contribution in [1.29, 1.82) is 0 Å². The average molecular weight is 351 g/mol. The Kier molecular flexibility index (Phi) is 5.67. The van der Waals surface area contributed by atoms with Crippen molar-refractivity contribution in [1.82, 2.24) is 0 Å². The van der Waals surface area contributed by atoms with Crippen LogP contribution in [0.1, 0.15) is 32.8 Å². The van der Waals surface area contributed by atoms with Gasteiger partial charge in [0.2, 0.25) is 0 Å². The van der Waals surface area contributed by atoms with Gasteiger partial charge >= 0.3 is 11.9 Å². The highest BCUT2D eigenvalue weighted by molar-refractivity contribution is 6.31. The van der Waals surface area contributed by atoms with Crippen LogP contribution in [0, 0.1) is 0 Å². The number of fused-ring (bicyclic) bond motifs is 1. The number of benzene rings is 2. The van der Waals surface area contributed by atoms with Gasteiger partial charge in [0, 0.05) is 35.2 Å². The van der Waals surface area contributed by atoms with E-state index in [0.29, 0.717) is 45.0 Å². The highest BCUT2D eigenvalue weighted by Crippen LogP contribution is 2.47. The summed E-state index contributed by atoms with van der Waals surface area (Å²) in [5.41, 5.74) is 0.668. The lowest BCUT2D eigenvalue weighted by molar-refractivity contribution is -0.133. The highest BCUT2D eigenvalue weighted by Gasteiger charge is 2.24. The Morgan fingerprint density at radius 2 is 1.62 bits per heavy atom. The molecule has 5 nitrogen and oxygen atoms in total. The minimum absolute atomic E-state index is 0.302. The summed E-state index contributed by atoms with van der Waals surface area (Å²) in [6.45, 7) is 4.64. The lowest BCUT2D eigenvalue weighted by Gasteiger charge is -2.20. The third-order valence-corrected chi connectivity index (χ3v) is 3.66. The minimum Gasteiger partial charge on any atom is -0.492 e. The summed E-state index contributed by atoms with van der Waals surface area (Å²) in [5.74, 6) is 0.159. The van der Waals surface area contributed by atoms with Crippen LogP contribution in [0.2, 0.25) is 5.02 Å². The molecule has 0 bridgehead atoms. The van der Waals surface area contributed by atoms with E-state index in [1.54, 1.807) is 18.2 Å². The topological polar surface area (TPSA) is 61.8 Å². The number of carbonyl (C=O) groups excluding carboxylic acids is 2. The average Bonchev–Trinajstić information content (AvgIpc) is 2.50. The van der Waals surface area contributed by atoms with Crippen LogP contribution >= 0.6 is 11.6 Å². The lowest BCUT2D eigenvalue weighted by atomic mass is 9.99. The molecule has 0 amide bonds. The fraction of sp³-hybridized carbons (Fsp3) is 0.333. The maximum absolute atomic E-state index is 11.6. The largest absolute Gasteiger partial charge is 0.492 e. The molecule has 2 rings (SSSR count). The van der Waals surface area contributed by atoms with Crippen LogP contribution in [0.15, 0.2) is 18.2 Å². The summed E-state index contributed by atoms with van der Waals surface area (Å²) in [7, 11) is 1.49. The van der Waals surface area contributed by atoms with Gasteiger partial charge in [0.1, 0.15) is 5.75 Å². The molecule has 0 radical (unpaired) electrons. The quantitative estimate of drug-likeness (QED) is 0.594. The Bertz CT molecular complexity index is 798. The zero-order valence-corrected chi connectivity index (χ0v) is 14.8. The van der Waals surface area contributed by atoms with Gasteiger partial charge in [0.25, 0.3) is 0 Å². The summed E-state index contributed by atoms with van der Waals surface area (Å²) in [4.78, 5) is 23.1. The molecule has 2 aromatic carbocycles. The molecule has 0 aromatic heterocycles. The second-order valence-electron chi connectivity index (χ2n) is 5.30. The van der Waals surface area contributed by atoms with E-state index in [2.05, 4.69) is 0 Å². The van der Waals surface area contributed by atoms with Crippen molar-refractivity contribution in [3.05, 3.63) is 28.8 Å². The summed E-state index contributed by atoms with van der Waals surface area (Å²) in [6, 6.07) is 5.06. The lowest BCUT2D eigenvalue weighted by Crippen LogP contribution is -2.09. The molecule has 6 heteroatoms. The van der Waals surface area contributed by atoms with Crippen LogP contribution in [-0.4, -0.2) is 19.0 Å². The first-order valence-electron chi connectivity index (χ1n) is 7.57. The molecule has 0 saturated heterocycles. The second-order valence-corrected chi connectivity index (χ2v) is 5.73. The molecule has 24 heavy (non-hydrogen) atoms. The number of methoxy groups -OCH3 is 1. The van der Waals surface area contributed by atoms with Crippen molar-refractivity contribution in [3.63, 3.8) is 0 Å². The van der Waals surface area contributed by atoms with E-state index in [-0.39, 0.29) is 0 Å². The van der Waals surface area contributed by atoms with Gasteiger partial charge in [-0.25, -0.2) is 0 Å². The van der Waals surface area contributed by atoms with Crippen LogP contribution in [0.4, 0.5) is 0 Å². The van der Waals surface area contributed by atoms with Crippen molar-refractivity contribution in [2.75, 3.05) is 7.11 Å². The van der Waals surface area contributed by atoms with Gasteiger partial charge in [-0.15, -0.1) is 0 Å². The number of carbonyl (C=O) groups is 2. The second kappa shape index (κ2) is 7.53. The first kappa shape index (κ1) is 18.1. The van der Waals surface area contributed by atoms with E-state index in [9.17, 15) is 9.59 Å². The van der Waals surface area contributed by atoms with Gasteiger partial charge in [-0.2, -0.15) is 0 Å². The normalized spacial score (nSPS) is 10.5.